The maximum absolute atomic E-state index is 11.7. The summed E-state index contributed by atoms with van der Waals surface area (Å²) in [4.78, 5) is 15.4. The van der Waals surface area contributed by atoms with Gasteiger partial charge in [0.2, 0.25) is 0 Å². The van der Waals surface area contributed by atoms with E-state index in [0.717, 1.165) is 12.8 Å². The molecule has 1 heterocycles. The van der Waals surface area contributed by atoms with Crippen LogP contribution in [0, 0.1) is 5.92 Å². The lowest BCUT2D eigenvalue weighted by Crippen LogP contribution is -2.24. The number of halogens is 1. The summed E-state index contributed by atoms with van der Waals surface area (Å²) in [6.07, 6.45) is 4.59. The summed E-state index contributed by atoms with van der Waals surface area (Å²) in [5.74, 6) is 0.726. The normalized spacial score (nSPS) is 12.1. The van der Waals surface area contributed by atoms with Gasteiger partial charge < -0.3 is 10.4 Å². The standard InChI is InChI=1S/C12H17ClN2O2/c1-9(7-13)3-2-5-15-12(17)10-4-6-14-8-11(10)16/h4,6,8-9,16H,2-3,5,7H2,1H3,(H,15,17). The topological polar surface area (TPSA) is 62.2 Å². The van der Waals surface area contributed by atoms with E-state index in [1.54, 1.807) is 0 Å². The predicted octanol–water partition coefficient (Wildman–Crippen LogP) is 2.17. The molecular weight excluding hydrogens is 240 g/mol. The van der Waals surface area contributed by atoms with E-state index in [-0.39, 0.29) is 17.2 Å². The van der Waals surface area contributed by atoms with Gasteiger partial charge in [-0.1, -0.05) is 6.92 Å². The Bertz CT molecular complexity index is 371. The summed E-state index contributed by atoms with van der Waals surface area (Å²) in [7, 11) is 0. The Labute approximate surface area is 106 Å². The van der Waals surface area contributed by atoms with Crippen LogP contribution in [0.1, 0.15) is 30.1 Å². The van der Waals surface area contributed by atoms with Gasteiger partial charge in [-0.25, -0.2) is 0 Å². The van der Waals surface area contributed by atoms with Gasteiger partial charge in [-0.15, -0.1) is 11.6 Å². The van der Waals surface area contributed by atoms with Gasteiger partial charge in [-0.05, 0) is 24.8 Å². The molecule has 0 bridgehead atoms. The van der Waals surface area contributed by atoms with Crippen LogP contribution in [0.2, 0.25) is 0 Å². The first kappa shape index (κ1) is 13.8. The molecule has 0 aliphatic heterocycles. The molecule has 1 unspecified atom stereocenters. The number of nitrogens with one attached hydrogen (secondary N) is 1. The second-order valence-electron chi connectivity index (χ2n) is 4.05. The molecule has 1 atom stereocenters. The number of aromatic hydroxyl groups is 1. The Morgan fingerprint density at radius 2 is 2.41 bits per heavy atom. The van der Waals surface area contributed by atoms with Crippen LogP contribution in [0.4, 0.5) is 0 Å². The maximum Gasteiger partial charge on any atom is 0.255 e. The average Bonchev–Trinajstić information content (AvgIpc) is 2.34. The fourth-order valence-corrected chi connectivity index (χ4v) is 1.56. The van der Waals surface area contributed by atoms with Gasteiger partial charge in [0.15, 0.2) is 0 Å². The Morgan fingerprint density at radius 1 is 1.65 bits per heavy atom. The van der Waals surface area contributed by atoms with Crippen LogP contribution in [0.15, 0.2) is 18.5 Å². The van der Waals surface area contributed by atoms with E-state index in [9.17, 15) is 9.90 Å². The first-order chi connectivity index (χ1) is 8.15. The molecule has 0 fully saturated rings. The van der Waals surface area contributed by atoms with Gasteiger partial charge in [-0.2, -0.15) is 0 Å². The zero-order chi connectivity index (χ0) is 12.7. The van der Waals surface area contributed by atoms with Crippen LogP contribution >= 0.6 is 11.6 Å². The first-order valence-electron chi connectivity index (χ1n) is 5.62. The number of aromatic nitrogens is 1. The fraction of sp³-hybridized carbons (Fsp3) is 0.500. The Hall–Kier alpha value is -1.29. The monoisotopic (exact) mass is 256 g/mol. The number of carbonyl (C=O) groups excluding carboxylic acids is 1. The summed E-state index contributed by atoms with van der Waals surface area (Å²) in [5.41, 5.74) is 0.255. The van der Waals surface area contributed by atoms with E-state index in [0.29, 0.717) is 18.3 Å². The first-order valence-corrected chi connectivity index (χ1v) is 6.15. The number of alkyl halides is 1. The number of amides is 1. The van der Waals surface area contributed by atoms with Crippen molar-refractivity contribution < 1.29 is 9.90 Å². The van der Waals surface area contributed by atoms with Crippen molar-refractivity contribution in [1.29, 1.82) is 0 Å². The number of carbonyl (C=O) groups is 1. The summed E-state index contributed by atoms with van der Waals surface area (Å²) in [5, 5.41) is 12.2. The lowest BCUT2D eigenvalue weighted by Gasteiger charge is -2.08. The number of rotatable bonds is 6. The van der Waals surface area contributed by atoms with Gasteiger partial charge in [0.25, 0.3) is 5.91 Å². The summed E-state index contributed by atoms with van der Waals surface area (Å²) in [6.45, 7) is 2.66. The van der Waals surface area contributed by atoms with E-state index >= 15 is 0 Å². The van der Waals surface area contributed by atoms with Crippen LogP contribution in [-0.4, -0.2) is 28.4 Å². The van der Waals surface area contributed by atoms with Crippen molar-refractivity contribution in [3.8, 4) is 5.75 Å². The number of nitrogens with zero attached hydrogens (tertiary/aromatic N) is 1. The smallest absolute Gasteiger partial charge is 0.255 e. The molecule has 0 spiro atoms. The van der Waals surface area contributed by atoms with E-state index in [1.165, 1.54) is 18.5 Å². The van der Waals surface area contributed by atoms with Crippen LogP contribution in [0.25, 0.3) is 0 Å². The minimum Gasteiger partial charge on any atom is -0.505 e. The van der Waals surface area contributed by atoms with Crippen molar-refractivity contribution >= 4 is 17.5 Å². The van der Waals surface area contributed by atoms with Crippen molar-refractivity contribution in [1.82, 2.24) is 10.3 Å². The third-order valence-corrected chi connectivity index (χ3v) is 2.99. The summed E-state index contributed by atoms with van der Waals surface area (Å²) in [6, 6.07) is 1.49. The van der Waals surface area contributed by atoms with Gasteiger partial charge in [0, 0.05) is 18.6 Å². The molecule has 0 saturated heterocycles. The van der Waals surface area contributed by atoms with E-state index in [4.69, 9.17) is 11.6 Å². The molecule has 1 rings (SSSR count). The summed E-state index contributed by atoms with van der Waals surface area (Å²) < 4.78 is 0. The van der Waals surface area contributed by atoms with Gasteiger partial charge in [-0.3, -0.25) is 9.78 Å². The molecule has 0 saturated carbocycles. The Kier molecular flexibility index (Phi) is 5.77. The highest BCUT2D eigenvalue weighted by molar-refractivity contribution is 6.18. The largest absolute Gasteiger partial charge is 0.505 e. The highest BCUT2D eigenvalue weighted by Crippen LogP contribution is 2.13. The molecule has 0 aromatic carbocycles. The molecule has 1 aromatic heterocycles. The highest BCUT2D eigenvalue weighted by Gasteiger charge is 2.09. The zero-order valence-electron chi connectivity index (χ0n) is 9.82. The van der Waals surface area contributed by atoms with Crippen molar-refractivity contribution in [2.75, 3.05) is 12.4 Å². The number of hydrogen-bond donors (Lipinski definition) is 2. The van der Waals surface area contributed by atoms with Crippen LogP contribution in [0.3, 0.4) is 0 Å². The third-order valence-electron chi connectivity index (χ3n) is 2.47. The van der Waals surface area contributed by atoms with Gasteiger partial charge in [0.1, 0.15) is 5.75 Å². The minimum absolute atomic E-state index is 0.0980. The lowest BCUT2D eigenvalue weighted by atomic mass is 10.1. The van der Waals surface area contributed by atoms with Crippen molar-refractivity contribution in [2.24, 2.45) is 5.92 Å². The third kappa shape index (κ3) is 4.61. The van der Waals surface area contributed by atoms with E-state index in [1.807, 2.05) is 0 Å². The minimum atomic E-state index is -0.275. The molecule has 1 aromatic rings. The molecule has 0 aliphatic carbocycles. The molecule has 17 heavy (non-hydrogen) atoms. The molecule has 5 heteroatoms. The Morgan fingerprint density at radius 3 is 3.06 bits per heavy atom. The van der Waals surface area contributed by atoms with Gasteiger partial charge in [0.05, 0.1) is 11.8 Å². The van der Waals surface area contributed by atoms with Crippen molar-refractivity contribution in [3.63, 3.8) is 0 Å². The molecular formula is C12H17ClN2O2. The van der Waals surface area contributed by atoms with Crippen molar-refractivity contribution in [3.05, 3.63) is 24.0 Å². The SMILES string of the molecule is CC(CCl)CCCNC(=O)c1ccncc1O. The predicted molar refractivity (Wildman–Crippen MR) is 67.4 cm³/mol. The maximum atomic E-state index is 11.7. The zero-order valence-corrected chi connectivity index (χ0v) is 10.6. The van der Waals surface area contributed by atoms with E-state index < -0.39 is 0 Å². The molecule has 94 valence electrons. The molecule has 4 nitrogen and oxygen atoms in total. The van der Waals surface area contributed by atoms with Gasteiger partial charge >= 0.3 is 0 Å². The lowest BCUT2D eigenvalue weighted by molar-refractivity contribution is 0.0950. The van der Waals surface area contributed by atoms with Crippen LogP contribution in [-0.2, 0) is 0 Å². The molecule has 1 amide bonds. The second kappa shape index (κ2) is 7.12. The highest BCUT2D eigenvalue weighted by atomic mass is 35.5. The van der Waals surface area contributed by atoms with Crippen molar-refractivity contribution in [2.45, 2.75) is 19.8 Å². The molecule has 0 aliphatic rings. The van der Waals surface area contributed by atoms with Crippen LogP contribution < -0.4 is 5.32 Å². The quantitative estimate of drug-likeness (QED) is 0.606. The Balaban J connectivity index is 2.33. The second-order valence-corrected chi connectivity index (χ2v) is 4.36. The molecule has 2 N–H and O–H groups in total. The average molecular weight is 257 g/mol. The number of pyridine rings is 1. The van der Waals surface area contributed by atoms with Crippen LogP contribution in [0.5, 0.6) is 5.75 Å². The van der Waals surface area contributed by atoms with E-state index in [2.05, 4.69) is 17.2 Å². The summed E-state index contributed by atoms with van der Waals surface area (Å²) >= 11 is 5.68. The molecule has 0 radical (unpaired) electrons. The fourth-order valence-electron chi connectivity index (χ4n) is 1.40. The number of hydrogen-bond acceptors (Lipinski definition) is 3.